The molecule has 1 aliphatic heterocycles. The molecule has 4 nitrogen and oxygen atoms in total. The third-order valence-electron chi connectivity index (χ3n) is 2.67. The molecule has 0 radical (unpaired) electrons. The minimum atomic E-state index is -1.02. The van der Waals surface area contributed by atoms with Gasteiger partial charge in [0.2, 0.25) is 5.91 Å². The highest BCUT2D eigenvalue weighted by atomic mass is 19.1. The van der Waals surface area contributed by atoms with Crippen molar-refractivity contribution in [2.75, 3.05) is 0 Å². The fourth-order valence-corrected chi connectivity index (χ4v) is 1.87. The zero-order valence-corrected chi connectivity index (χ0v) is 8.31. The largest absolute Gasteiger partial charge is 0.481 e. The molecule has 84 valence electrons. The summed E-state index contributed by atoms with van der Waals surface area (Å²) >= 11 is 0. The highest BCUT2D eigenvalue weighted by Gasteiger charge is 2.38. The Labute approximate surface area is 91.1 Å². The summed E-state index contributed by atoms with van der Waals surface area (Å²) in [7, 11) is 0. The first-order valence-corrected chi connectivity index (χ1v) is 4.85. The molecule has 2 rings (SSSR count). The molecule has 1 fully saturated rings. The SMILES string of the molecule is O=C1C[C@H](C(=O)O)C(c2ccc(F)cc2)N1. The lowest BCUT2D eigenvalue weighted by Gasteiger charge is -2.15. The Kier molecular flexibility index (Phi) is 2.60. The smallest absolute Gasteiger partial charge is 0.309 e. The van der Waals surface area contributed by atoms with Crippen molar-refractivity contribution in [2.24, 2.45) is 5.92 Å². The molecule has 1 aromatic carbocycles. The molecule has 1 aliphatic rings. The molecule has 1 amide bonds. The van der Waals surface area contributed by atoms with Gasteiger partial charge in [-0.25, -0.2) is 4.39 Å². The van der Waals surface area contributed by atoms with E-state index in [0.29, 0.717) is 5.56 Å². The number of carbonyl (C=O) groups excluding carboxylic acids is 1. The number of amides is 1. The topological polar surface area (TPSA) is 66.4 Å². The van der Waals surface area contributed by atoms with Gasteiger partial charge in [0.1, 0.15) is 5.82 Å². The summed E-state index contributed by atoms with van der Waals surface area (Å²) < 4.78 is 12.7. The molecule has 2 atom stereocenters. The Hall–Kier alpha value is -1.91. The number of hydrogen-bond acceptors (Lipinski definition) is 2. The minimum absolute atomic E-state index is 0.0304. The van der Waals surface area contributed by atoms with Crippen LogP contribution in [-0.2, 0) is 9.59 Å². The van der Waals surface area contributed by atoms with Gasteiger partial charge in [0.15, 0.2) is 0 Å². The van der Waals surface area contributed by atoms with Crippen LogP contribution in [0.1, 0.15) is 18.0 Å². The van der Waals surface area contributed by atoms with Crippen LogP contribution in [-0.4, -0.2) is 17.0 Å². The van der Waals surface area contributed by atoms with E-state index in [1.54, 1.807) is 0 Å². The lowest BCUT2D eigenvalue weighted by Crippen LogP contribution is -2.24. The first-order valence-electron chi connectivity index (χ1n) is 4.85. The van der Waals surface area contributed by atoms with E-state index in [0.717, 1.165) is 0 Å². The van der Waals surface area contributed by atoms with Crippen LogP contribution in [0.25, 0.3) is 0 Å². The van der Waals surface area contributed by atoms with Crippen molar-refractivity contribution in [1.82, 2.24) is 5.32 Å². The molecule has 5 heteroatoms. The average Bonchev–Trinajstić information content (AvgIpc) is 2.61. The van der Waals surface area contributed by atoms with E-state index >= 15 is 0 Å². The molecule has 0 spiro atoms. The zero-order valence-electron chi connectivity index (χ0n) is 8.31. The summed E-state index contributed by atoms with van der Waals surface area (Å²) in [5.74, 6) is -2.48. The van der Waals surface area contributed by atoms with Gasteiger partial charge < -0.3 is 10.4 Å². The summed E-state index contributed by atoms with van der Waals surface area (Å²) in [6.07, 6.45) is -0.0304. The average molecular weight is 223 g/mol. The van der Waals surface area contributed by atoms with Gasteiger partial charge in [-0.05, 0) is 17.7 Å². The number of aliphatic carboxylic acids is 1. The summed E-state index contributed by atoms with van der Waals surface area (Å²) in [4.78, 5) is 22.1. The molecule has 1 aromatic rings. The molecule has 1 saturated heterocycles. The summed E-state index contributed by atoms with van der Waals surface area (Å²) in [5, 5.41) is 11.5. The van der Waals surface area contributed by atoms with E-state index < -0.39 is 17.9 Å². The fourth-order valence-electron chi connectivity index (χ4n) is 1.87. The predicted molar refractivity (Wildman–Crippen MR) is 53.0 cm³/mol. The summed E-state index contributed by atoms with van der Waals surface area (Å²) in [6.45, 7) is 0. The highest BCUT2D eigenvalue weighted by molar-refractivity contribution is 5.87. The van der Waals surface area contributed by atoms with Crippen LogP contribution in [0.4, 0.5) is 4.39 Å². The van der Waals surface area contributed by atoms with Gasteiger partial charge in [-0.15, -0.1) is 0 Å². The second kappa shape index (κ2) is 3.92. The maximum atomic E-state index is 12.7. The maximum Gasteiger partial charge on any atom is 0.309 e. The second-order valence-corrected chi connectivity index (χ2v) is 3.75. The van der Waals surface area contributed by atoms with E-state index in [2.05, 4.69) is 5.32 Å². The van der Waals surface area contributed by atoms with Crippen molar-refractivity contribution >= 4 is 11.9 Å². The van der Waals surface area contributed by atoms with Crippen molar-refractivity contribution in [3.05, 3.63) is 35.6 Å². The van der Waals surface area contributed by atoms with Gasteiger partial charge in [-0.2, -0.15) is 0 Å². The van der Waals surface area contributed by atoms with Crippen LogP contribution in [0.5, 0.6) is 0 Å². The van der Waals surface area contributed by atoms with Crippen LogP contribution in [0.15, 0.2) is 24.3 Å². The van der Waals surface area contributed by atoms with E-state index in [1.165, 1.54) is 24.3 Å². The zero-order chi connectivity index (χ0) is 11.7. The monoisotopic (exact) mass is 223 g/mol. The van der Waals surface area contributed by atoms with Crippen molar-refractivity contribution < 1.29 is 19.1 Å². The van der Waals surface area contributed by atoms with Crippen LogP contribution >= 0.6 is 0 Å². The third kappa shape index (κ3) is 1.88. The highest BCUT2D eigenvalue weighted by Crippen LogP contribution is 2.30. The Bertz CT molecular complexity index is 429. The third-order valence-corrected chi connectivity index (χ3v) is 2.67. The van der Waals surface area contributed by atoms with E-state index in [1.807, 2.05) is 0 Å². The molecule has 0 saturated carbocycles. The van der Waals surface area contributed by atoms with Crippen LogP contribution in [0, 0.1) is 11.7 Å². The molecular weight excluding hydrogens is 213 g/mol. The van der Waals surface area contributed by atoms with Crippen molar-refractivity contribution in [1.29, 1.82) is 0 Å². The lowest BCUT2D eigenvalue weighted by molar-refractivity contribution is -0.142. The van der Waals surface area contributed by atoms with Gasteiger partial charge in [0.05, 0.1) is 12.0 Å². The molecular formula is C11H10FNO3. The van der Waals surface area contributed by atoms with E-state index in [-0.39, 0.29) is 18.1 Å². The predicted octanol–water partition coefficient (Wildman–Crippen LogP) is 1.09. The second-order valence-electron chi connectivity index (χ2n) is 3.75. The molecule has 0 aliphatic carbocycles. The normalized spacial score (nSPS) is 24.2. The number of carboxylic acid groups (broad SMARTS) is 1. The summed E-state index contributed by atoms with van der Waals surface area (Å²) in [5.41, 5.74) is 0.611. The fraction of sp³-hybridized carbons (Fsp3) is 0.273. The minimum Gasteiger partial charge on any atom is -0.481 e. The number of rotatable bonds is 2. The van der Waals surface area contributed by atoms with Gasteiger partial charge in [-0.1, -0.05) is 12.1 Å². The molecule has 2 N–H and O–H groups in total. The standard InChI is InChI=1S/C11H10FNO3/c12-7-3-1-6(2-4-7)10-8(11(15)16)5-9(14)13-10/h1-4,8,10H,5H2,(H,13,14)(H,15,16)/t8-,10?/m0/s1. The van der Waals surface area contributed by atoms with Crippen molar-refractivity contribution in [2.45, 2.75) is 12.5 Å². The Morgan fingerprint density at radius 2 is 2.00 bits per heavy atom. The molecule has 1 heterocycles. The van der Waals surface area contributed by atoms with E-state index in [4.69, 9.17) is 5.11 Å². The number of halogens is 1. The molecule has 0 bridgehead atoms. The molecule has 16 heavy (non-hydrogen) atoms. The first kappa shape index (κ1) is 10.6. The summed E-state index contributed by atoms with van der Waals surface area (Å²) in [6, 6.07) is 4.91. The Morgan fingerprint density at radius 3 is 2.56 bits per heavy atom. The van der Waals surface area contributed by atoms with Gasteiger partial charge in [0.25, 0.3) is 0 Å². The Morgan fingerprint density at radius 1 is 1.38 bits per heavy atom. The molecule has 0 aromatic heterocycles. The maximum absolute atomic E-state index is 12.7. The first-order chi connectivity index (χ1) is 7.58. The number of nitrogens with one attached hydrogen (secondary N) is 1. The Balaban J connectivity index is 2.28. The van der Waals surface area contributed by atoms with Gasteiger partial charge in [-0.3, -0.25) is 9.59 Å². The van der Waals surface area contributed by atoms with Crippen LogP contribution in [0.2, 0.25) is 0 Å². The number of benzene rings is 1. The van der Waals surface area contributed by atoms with Crippen molar-refractivity contribution in [3.8, 4) is 0 Å². The van der Waals surface area contributed by atoms with Gasteiger partial charge >= 0.3 is 5.97 Å². The van der Waals surface area contributed by atoms with Crippen molar-refractivity contribution in [3.63, 3.8) is 0 Å². The van der Waals surface area contributed by atoms with Crippen LogP contribution < -0.4 is 5.32 Å². The quantitative estimate of drug-likeness (QED) is 0.788. The van der Waals surface area contributed by atoms with Crippen LogP contribution in [0.3, 0.4) is 0 Å². The van der Waals surface area contributed by atoms with E-state index in [9.17, 15) is 14.0 Å². The lowest BCUT2D eigenvalue weighted by atomic mass is 9.94. The number of hydrogen-bond donors (Lipinski definition) is 2. The number of carboxylic acids is 1. The van der Waals surface area contributed by atoms with Gasteiger partial charge in [0, 0.05) is 6.42 Å². The number of carbonyl (C=O) groups is 2. The molecule has 1 unspecified atom stereocenters.